The minimum atomic E-state index is -3.69. The maximum Gasteiger partial charge on any atom is 0.243 e. The number of benzene rings is 2. The van der Waals surface area contributed by atoms with Gasteiger partial charge < -0.3 is 15.2 Å². The smallest absolute Gasteiger partial charge is 0.243 e. The summed E-state index contributed by atoms with van der Waals surface area (Å²) in [7, 11) is -3.69. The quantitative estimate of drug-likeness (QED) is 0.431. The van der Waals surface area contributed by atoms with Crippen molar-refractivity contribution in [1.29, 1.82) is 0 Å². The molecule has 158 valence electrons. The zero-order chi connectivity index (χ0) is 21.4. The molecule has 2 aromatic rings. The van der Waals surface area contributed by atoms with Crippen LogP contribution in [0, 0.1) is 0 Å². The van der Waals surface area contributed by atoms with Crippen molar-refractivity contribution in [3.8, 4) is 11.5 Å². The molecule has 2 aromatic carbocycles. The van der Waals surface area contributed by atoms with E-state index in [1.165, 1.54) is 22.5 Å². The normalized spacial score (nSPS) is 11.4. The molecule has 0 saturated heterocycles. The number of hydrogen-bond acceptors (Lipinski definition) is 5. The third-order valence-electron chi connectivity index (χ3n) is 4.22. The highest BCUT2D eigenvalue weighted by Crippen LogP contribution is 2.28. The Morgan fingerprint density at radius 3 is 2.41 bits per heavy atom. The summed E-state index contributed by atoms with van der Waals surface area (Å²) in [5.74, 6) is 0.105. The lowest BCUT2D eigenvalue weighted by atomic mass is 10.2. The first kappa shape index (κ1) is 23.0. The minimum Gasteiger partial charge on any atom is -0.506 e. The second-order valence-corrected chi connectivity index (χ2v) is 8.60. The van der Waals surface area contributed by atoms with E-state index in [-0.39, 0.29) is 28.7 Å². The molecule has 0 unspecified atom stereocenters. The molecule has 1 amide bonds. The van der Waals surface area contributed by atoms with E-state index in [9.17, 15) is 18.3 Å². The number of phenolic OH excluding ortho intramolecular Hbond substituents is 1. The molecular formula is C20H25ClN2O5S. The van der Waals surface area contributed by atoms with Crippen molar-refractivity contribution in [3.63, 3.8) is 0 Å². The number of carbonyl (C=O) groups excluding carboxylic acids is 1. The lowest BCUT2D eigenvalue weighted by molar-refractivity contribution is -0.116. The molecule has 0 bridgehead atoms. The molecule has 9 heteroatoms. The predicted molar refractivity (Wildman–Crippen MR) is 113 cm³/mol. The first-order valence-electron chi connectivity index (χ1n) is 9.29. The number of nitrogens with zero attached hydrogens (tertiary/aromatic N) is 1. The van der Waals surface area contributed by atoms with Gasteiger partial charge in [-0.25, -0.2) is 8.42 Å². The molecule has 0 atom stereocenters. The van der Waals surface area contributed by atoms with Gasteiger partial charge in [0.2, 0.25) is 15.9 Å². The number of nitrogens with one attached hydrogen (secondary N) is 1. The topological polar surface area (TPSA) is 95.9 Å². The highest BCUT2D eigenvalue weighted by Gasteiger charge is 2.23. The largest absolute Gasteiger partial charge is 0.506 e. The molecule has 0 aliphatic carbocycles. The van der Waals surface area contributed by atoms with Crippen LogP contribution in [-0.2, 0) is 14.8 Å². The number of hydrogen-bond donors (Lipinski definition) is 2. The van der Waals surface area contributed by atoms with Crippen molar-refractivity contribution in [2.45, 2.75) is 31.6 Å². The molecule has 7 nitrogen and oxygen atoms in total. The number of anilines is 1. The van der Waals surface area contributed by atoms with Gasteiger partial charge in [-0.3, -0.25) is 4.79 Å². The molecule has 0 aliphatic heterocycles. The van der Waals surface area contributed by atoms with Gasteiger partial charge in [0, 0.05) is 24.5 Å². The second kappa shape index (κ2) is 10.5. The number of halogens is 1. The standard InChI is InChI=1S/C20H25ClN2O5S/c1-3-23(4-2)29(26,27)17-11-12-19(24)18(14-17)22-20(25)6-5-13-28-16-9-7-15(21)8-10-16/h7-12,14,24H,3-6,13H2,1-2H3,(H,22,25). The van der Waals surface area contributed by atoms with Gasteiger partial charge in [-0.1, -0.05) is 25.4 Å². The summed E-state index contributed by atoms with van der Waals surface area (Å²) in [6.45, 7) is 4.48. The first-order chi connectivity index (χ1) is 13.8. The van der Waals surface area contributed by atoms with Gasteiger partial charge in [0.15, 0.2) is 0 Å². The van der Waals surface area contributed by atoms with Crippen molar-refractivity contribution in [3.05, 3.63) is 47.5 Å². The van der Waals surface area contributed by atoms with E-state index in [4.69, 9.17) is 16.3 Å². The highest BCUT2D eigenvalue weighted by molar-refractivity contribution is 7.89. The molecule has 0 heterocycles. The molecule has 0 aromatic heterocycles. The van der Waals surface area contributed by atoms with Crippen LogP contribution in [0.1, 0.15) is 26.7 Å². The number of aromatic hydroxyl groups is 1. The third-order valence-corrected chi connectivity index (χ3v) is 6.51. The number of amides is 1. The summed E-state index contributed by atoms with van der Waals surface area (Å²) in [6, 6.07) is 10.8. The Labute approximate surface area is 176 Å². The van der Waals surface area contributed by atoms with Crippen molar-refractivity contribution >= 4 is 33.2 Å². The Morgan fingerprint density at radius 2 is 1.79 bits per heavy atom. The maximum atomic E-state index is 12.6. The summed E-state index contributed by atoms with van der Waals surface area (Å²) >= 11 is 5.81. The van der Waals surface area contributed by atoms with Crippen LogP contribution in [0.15, 0.2) is 47.4 Å². The van der Waals surface area contributed by atoms with E-state index < -0.39 is 10.0 Å². The third kappa shape index (κ3) is 6.35. The average molecular weight is 441 g/mol. The fourth-order valence-electron chi connectivity index (χ4n) is 2.65. The molecular weight excluding hydrogens is 416 g/mol. The van der Waals surface area contributed by atoms with E-state index in [1.54, 1.807) is 38.1 Å². The Bertz CT molecular complexity index is 928. The molecule has 2 N–H and O–H groups in total. The SMILES string of the molecule is CCN(CC)S(=O)(=O)c1ccc(O)c(NC(=O)CCCOc2ccc(Cl)cc2)c1. The minimum absolute atomic E-state index is 0.0142. The number of rotatable bonds is 10. The summed E-state index contributed by atoms with van der Waals surface area (Å²) in [5.41, 5.74) is 0.0573. The molecule has 0 fully saturated rings. The lowest BCUT2D eigenvalue weighted by Gasteiger charge is -2.19. The summed E-state index contributed by atoms with van der Waals surface area (Å²) in [6.07, 6.45) is 0.604. The van der Waals surface area contributed by atoms with E-state index in [0.29, 0.717) is 36.9 Å². The zero-order valence-electron chi connectivity index (χ0n) is 16.4. The Balaban J connectivity index is 1.95. The maximum absolute atomic E-state index is 12.6. The van der Waals surface area contributed by atoms with Crippen LogP contribution in [0.4, 0.5) is 5.69 Å². The molecule has 0 spiro atoms. The first-order valence-corrected chi connectivity index (χ1v) is 11.1. The second-order valence-electron chi connectivity index (χ2n) is 6.22. The molecule has 0 saturated carbocycles. The Hall–Kier alpha value is -2.29. The monoisotopic (exact) mass is 440 g/mol. The van der Waals surface area contributed by atoms with E-state index in [2.05, 4.69) is 5.32 Å². The van der Waals surface area contributed by atoms with Gasteiger partial charge in [-0.2, -0.15) is 4.31 Å². The van der Waals surface area contributed by atoms with Gasteiger partial charge in [0.05, 0.1) is 17.2 Å². The lowest BCUT2D eigenvalue weighted by Crippen LogP contribution is -2.30. The molecule has 2 rings (SSSR count). The highest BCUT2D eigenvalue weighted by atomic mass is 35.5. The van der Waals surface area contributed by atoms with Crippen molar-refractivity contribution < 1.29 is 23.1 Å². The summed E-state index contributed by atoms with van der Waals surface area (Å²) in [5, 5.41) is 13.2. The van der Waals surface area contributed by atoms with Gasteiger partial charge in [0.25, 0.3) is 0 Å². The molecule has 29 heavy (non-hydrogen) atoms. The van der Waals surface area contributed by atoms with E-state index in [0.717, 1.165) is 0 Å². The van der Waals surface area contributed by atoms with Crippen LogP contribution in [-0.4, -0.2) is 43.4 Å². The summed E-state index contributed by atoms with van der Waals surface area (Å²) < 4.78 is 32.1. The Morgan fingerprint density at radius 1 is 1.14 bits per heavy atom. The number of ether oxygens (including phenoxy) is 1. The van der Waals surface area contributed by atoms with Crippen LogP contribution >= 0.6 is 11.6 Å². The zero-order valence-corrected chi connectivity index (χ0v) is 18.0. The van der Waals surface area contributed by atoms with Crippen molar-refractivity contribution in [2.75, 3.05) is 25.0 Å². The van der Waals surface area contributed by atoms with Gasteiger partial charge in [-0.05, 0) is 48.9 Å². The van der Waals surface area contributed by atoms with Gasteiger partial charge >= 0.3 is 0 Å². The van der Waals surface area contributed by atoms with E-state index >= 15 is 0 Å². The van der Waals surface area contributed by atoms with Crippen LogP contribution in [0.25, 0.3) is 0 Å². The number of sulfonamides is 1. The number of carbonyl (C=O) groups is 1. The summed E-state index contributed by atoms with van der Waals surface area (Å²) in [4.78, 5) is 12.2. The fraction of sp³-hybridized carbons (Fsp3) is 0.350. The Kier molecular flexibility index (Phi) is 8.31. The van der Waals surface area contributed by atoms with Crippen LogP contribution in [0.5, 0.6) is 11.5 Å². The van der Waals surface area contributed by atoms with E-state index in [1.807, 2.05) is 0 Å². The van der Waals surface area contributed by atoms with Crippen LogP contribution in [0.3, 0.4) is 0 Å². The van der Waals surface area contributed by atoms with Crippen molar-refractivity contribution in [2.24, 2.45) is 0 Å². The average Bonchev–Trinajstić information content (AvgIpc) is 2.69. The van der Waals surface area contributed by atoms with Gasteiger partial charge in [-0.15, -0.1) is 0 Å². The van der Waals surface area contributed by atoms with Crippen molar-refractivity contribution in [1.82, 2.24) is 4.31 Å². The fourth-order valence-corrected chi connectivity index (χ4v) is 4.27. The van der Waals surface area contributed by atoms with Crippen LogP contribution < -0.4 is 10.1 Å². The van der Waals surface area contributed by atoms with Crippen LogP contribution in [0.2, 0.25) is 5.02 Å². The molecule has 0 aliphatic rings. The predicted octanol–water partition coefficient (Wildman–Crippen LogP) is 3.87. The van der Waals surface area contributed by atoms with Gasteiger partial charge in [0.1, 0.15) is 11.5 Å². The number of phenols is 1. The molecule has 0 radical (unpaired) electrons.